The average molecular weight is 141 g/mol. The maximum atomic E-state index is 9.23. The van der Waals surface area contributed by atoms with Crippen molar-refractivity contribution in [3.8, 4) is 0 Å². The second kappa shape index (κ2) is 2.79. The first-order chi connectivity index (χ1) is 4.74. The predicted molar refractivity (Wildman–Crippen MR) is 36.3 cm³/mol. The van der Waals surface area contributed by atoms with E-state index in [-0.39, 0.29) is 0 Å². The van der Waals surface area contributed by atoms with E-state index in [0.717, 1.165) is 0 Å². The molecule has 10 heavy (non-hydrogen) atoms. The summed E-state index contributed by atoms with van der Waals surface area (Å²) >= 11 is 0. The number of hydrogen-bond acceptors (Lipinski definition) is 3. The summed E-state index contributed by atoms with van der Waals surface area (Å²) in [6.45, 7) is 1.90. The van der Waals surface area contributed by atoms with Gasteiger partial charge in [0.1, 0.15) is 5.69 Å². The minimum Gasteiger partial charge on any atom is -0.387 e. The van der Waals surface area contributed by atoms with Gasteiger partial charge in [-0.05, 0) is 6.42 Å². The molecule has 0 aliphatic heterocycles. The summed E-state index contributed by atoms with van der Waals surface area (Å²) in [5, 5.41) is 17.0. The van der Waals surface area contributed by atoms with Crippen LogP contribution in [0.5, 0.6) is 0 Å². The van der Waals surface area contributed by atoms with Crippen LogP contribution < -0.4 is 0 Å². The van der Waals surface area contributed by atoms with E-state index >= 15 is 0 Å². The lowest BCUT2D eigenvalue weighted by Gasteiger charge is -1.99. The van der Waals surface area contributed by atoms with Crippen molar-refractivity contribution in [2.45, 2.75) is 19.4 Å². The molecule has 4 heteroatoms. The van der Waals surface area contributed by atoms with Gasteiger partial charge in [0.25, 0.3) is 0 Å². The molecule has 0 saturated heterocycles. The van der Waals surface area contributed by atoms with Crippen molar-refractivity contribution in [3.05, 3.63) is 11.9 Å². The molecule has 0 bridgehead atoms. The van der Waals surface area contributed by atoms with Gasteiger partial charge in [0.2, 0.25) is 0 Å². The highest BCUT2D eigenvalue weighted by atomic mass is 16.3. The van der Waals surface area contributed by atoms with Crippen LogP contribution in [0, 0.1) is 0 Å². The van der Waals surface area contributed by atoms with Gasteiger partial charge in [-0.15, -0.1) is 0 Å². The van der Waals surface area contributed by atoms with Gasteiger partial charge < -0.3 is 5.11 Å². The molecule has 1 aromatic rings. The standard InChI is InChI=1S/C6H11N3O/c1-3-6(10)5-4-7-9(2)8-5/h4,6,10H,3H2,1-2H3. The molecule has 1 atom stereocenters. The smallest absolute Gasteiger partial charge is 0.111 e. The molecule has 0 saturated carbocycles. The molecule has 1 unspecified atom stereocenters. The molecule has 4 nitrogen and oxygen atoms in total. The van der Waals surface area contributed by atoms with Crippen LogP contribution in [0.4, 0.5) is 0 Å². The Kier molecular flexibility index (Phi) is 2.01. The number of rotatable bonds is 2. The van der Waals surface area contributed by atoms with Crippen molar-refractivity contribution in [1.29, 1.82) is 0 Å². The molecule has 0 aromatic carbocycles. The van der Waals surface area contributed by atoms with Crippen LogP contribution in [0.1, 0.15) is 25.1 Å². The fourth-order valence-corrected chi connectivity index (χ4v) is 0.723. The van der Waals surface area contributed by atoms with Crippen molar-refractivity contribution in [2.24, 2.45) is 7.05 Å². The van der Waals surface area contributed by atoms with Crippen LogP contribution >= 0.6 is 0 Å². The van der Waals surface area contributed by atoms with Gasteiger partial charge in [-0.25, -0.2) is 0 Å². The van der Waals surface area contributed by atoms with Crippen molar-refractivity contribution in [3.63, 3.8) is 0 Å². The number of nitrogens with zero attached hydrogens (tertiary/aromatic N) is 3. The van der Waals surface area contributed by atoms with Crippen molar-refractivity contribution in [1.82, 2.24) is 15.0 Å². The third kappa shape index (κ3) is 1.33. The van der Waals surface area contributed by atoms with Gasteiger partial charge in [0.15, 0.2) is 0 Å². The Morgan fingerprint density at radius 2 is 2.50 bits per heavy atom. The third-order valence-electron chi connectivity index (χ3n) is 1.35. The van der Waals surface area contributed by atoms with Crippen LogP contribution in [0.25, 0.3) is 0 Å². The first-order valence-electron chi connectivity index (χ1n) is 3.28. The minimum atomic E-state index is -0.464. The van der Waals surface area contributed by atoms with E-state index in [1.165, 1.54) is 4.80 Å². The van der Waals surface area contributed by atoms with Crippen molar-refractivity contribution in [2.75, 3.05) is 0 Å². The molecule has 0 radical (unpaired) electrons. The normalized spacial score (nSPS) is 13.5. The zero-order valence-corrected chi connectivity index (χ0v) is 6.15. The Morgan fingerprint density at radius 3 is 2.90 bits per heavy atom. The molecular formula is C6H11N3O. The molecule has 1 heterocycles. The quantitative estimate of drug-likeness (QED) is 0.642. The number of aliphatic hydroxyl groups is 1. The lowest BCUT2D eigenvalue weighted by Crippen LogP contribution is -1.98. The fourth-order valence-electron chi connectivity index (χ4n) is 0.723. The van der Waals surface area contributed by atoms with Crippen molar-refractivity contribution < 1.29 is 5.11 Å². The zero-order valence-electron chi connectivity index (χ0n) is 6.15. The van der Waals surface area contributed by atoms with E-state index in [1.54, 1.807) is 13.2 Å². The van der Waals surface area contributed by atoms with Crippen molar-refractivity contribution >= 4 is 0 Å². The highest BCUT2D eigenvalue weighted by Crippen LogP contribution is 2.10. The van der Waals surface area contributed by atoms with Gasteiger partial charge in [-0.1, -0.05) is 6.92 Å². The van der Waals surface area contributed by atoms with E-state index < -0.39 is 6.10 Å². The van der Waals surface area contributed by atoms with Crippen LogP contribution in [-0.2, 0) is 7.05 Å². The molecular weight excluding hydrogens is 130 g/mol. The monoisotopic (exact) mass is 141 g/mol. The summed E-state index contributed by atoms with van der Waals surface area (Å²) in [7, 11) is 1.73. The van der Waals surface area contributed by atoms with Gasteiger partial charge in [-0.3, -0.25) is 0 Å². The van der Waals surface area contributed by atoms with Crippen LogP contribution in [0.3, 0.4) is 0 Å². The van der Waals surface area contributed by atoms with Gasteiger partial charge in [-0.2, -0.15) is 15.0 Å². The number of aryl methyl sites for hydroxylation is 1. The first-order valence-corrected chi connectivity index (χ1v) is 3.28. The molecule has 1 aromatic heterocycles. The molecule has 1 N–H and O–H groups in total. The van der Waals surface area contributed by atoms with E-state index in [0.29, 0.717) is 12.1 Å². The summed E-state index contributed by atoms with van der Waals surface area (Å²) in [5.74, 6) is 0. The van der Waals surface area contributed by atoms with Crippen LogP contribution in [-0.4, -0.2) is 20.1 Å². The molecule has 0 amide bonds. The van der Waals surface area contributed by atoms with E-state index in [2.05, 4.69) is 10.2 Å². The van der Waals surface area contributed by atoms with Gasteiger partial charge in [0.05, 0.1) is 12.3 Å². The number of hydrogen-bond donors (Lipinski definition) is 1. The SMILES string of the molecule is CCC(O)c1cnn(C)n1. The Labute approximate surface area is 59.5 Å². The molecule has 0 aliphatic rings. The molecule has 0 aliphatic carbocycles. The summed E-state index contributed by atoms with van der Waals surface area (Å²) in [6.07, 6.45) is 1.79. The second-order valence-electron chi connectivity index (χ2n) is 2.18. The van der Waals surface area contributed by atoms with E-state index in [9.17, 15) is 5.11 Å². The maximum Gasteiger partial charge on any atom is 0.111 e. The summed E-state index contributed by atoms with van der Waals surface area (Å²) in [6, 6.07) is 0. The summed E-state index contributed by atoms with van der Waals surface area (Å²) in [4.78, 5) is 1.44. The minimum absolute atomic E-state index is 0.464. The predicted octanol–water partition coefficient (Wildman–Crippen LogP) is 0.259. The Balaban J connectivity index is 2.74. The average Bonchev–Trinajstić information content (AvgIpc) is 2.34. The Morgan fingerprint density at radius 1 is 1.80 bits per heavy atom. The Hall–Kier alpha value is -0.900. The summed E-state index contributed by atoms with van der Waals surface area (Å²) < 4.78 is 0. The fraction of sp³-hybridized carbons (Fsp3) is 0.667. The molecule has 0 spiro atoms. The van der Waals surface area contributed by atoms with Gasteiger partial charge >= 0.3 is 0 Å². The highest BCUT2D eigenvalue weighted by Gasteiger charge is 2.07. The molecule has 0 fully saturated rings. The lowest BCUT2D eigenvalue weighted by molar-refractivity contribution is 0.168. The van der Waals surface area contributed by atoms with Crippen LogP contribution in [0.15, 0.2) is 6.20 Å². The second-order valence-corrected chi connectivity index (χ2v) is 2.18. The number of aromatic nitrogens is 3. The molecule has 56 valence electrons. The molecule has 1 rings (SSSR count). The van der Waals surface area contributed by atoms with Gasteiger partial charge in [0, 0.05) is 7.05 Å². The maximum absolute atomic E-state index is 9.23. The lowest BCUT2D eigenvalue weighted by atomic mass is 10.2. The largest absolute Gasteiger partial charge is 0.387 e. The van der Waals surface area contributed by atoms with E-state index in [4.69, 9.17) is 0 Å². The first kappa shape index (κ1) is 7.21. The zero-order chi connectivity index (χ0) is 7.56. The highest BCUT2D eigenvalue weighted by molar-refractivity contribution is 4.95. The van der Waals surface area contributed by atoms with Crippen LogP contribution in [0.2, 0.25) is 0 Å². The number of aliphatic hydroxyl groups excluding tert-OH is 1. The third-order valence-corrected chi connectivity index (χ3v) is 1.35. The summed E-state index contributed by atoms with van der Waals surface area (Å²) in [5.41, 5.74) is 0.644. The Bertz CT molecular complexity index is 209. The topological polar surface area (TPSA) is 50.9 Å². The van der Waals surface area contributed by atoms with E-state index in [1.807, 2.05) is 6.92 Å².